The molecule has 0 aromatic heterocycles. The zero-order chi connectivity index (χ0) is 17.7. The summed E-state index contributed by atoms with van der Waals surface area (Å²) in [7, 11) is 0. The quantitative estimate of drug-likeness (QED) is 0.888. The minimum Gasteiger partial charge on any atom is -0.444 e. The molecule has 1 aromatic carbocycles. The number of carbonyl (C=O) groups is 1. The van der Waals surface area contributed by atoms with Gasteiger partial charge in [0.1, 0.15) is 5.60 Å². The van der Waals surface area contributed by atoms with Crippen LogP contribution >= 0.6 is 0 Å². The molecule has 0 saturated carbocycles. The first-order valence-electron chi connectivity index (χ1n) is 8.71. The Morgan fingerprint density at radius 3 is 2.62 bits per heavy atom. The van der Waals surface area contributed by atoms with Gasteiger partial charge in [0, 0.05) is 18.6 Å². The van der Waals surface area contributed by atoms with Crippen molar-refractivity contribution in [3.8, 4) is 0 Å². The third-order valence-corrected chi connectivity index (χ3v) is 4.21. The van der Waals surface area contributed by atoms with Crippen molar-refractivity contribution < 1.29 is 14.6 Å². The number of hydrogen-bond donors (Lipinski definition) is 2. The molecule has 1 aliphatic heterocycles. The number of hydrogen-bond acceptors (Lipinski definition) is 4. The number of piperidine rings is 1. The Hall–Kier alpha value is -1.59. The average molecular weight is 334 g/mol. The van der Waals surface area contributed by atoms with Crippen molar-refractivity contribution in [2.75, 3.05) is 13.2 Å². The van der Waals surface area contributed by atoms with Crippen molar-refractivity contribution in [2.24, 2.45) is 0 Å². The SMILES string of the molecule is C[C@@H](CO)NC1CCN(C(=O)OC(C)(C)C)C(c2ccccc2)C1. The van der Waals surface area contributed by atoms with E-state index >= 15 is 0 Å². The van der Waals surface area contributed by atoms with Crippen molar-refractivity contribution in [2.45, 2.75) is 64.3 Å². The Bertz CT molecular complexity index is 527. The summed E-state index contributed by atoms with van der Waals surface area (Å²) >= 11 is 0. The fourth-order valence-electron chi connectivity index (χ4n) is 3.10. The zero-order valence-electron chi connectivity index (χ0n) is 15.2. The van der Waals surface area contributed by atoms with Crippen LogP contribution in [0, 0.1) is 0 Å². The average Bonchev–Trinajstić information content (AvgIpc) is 2.53. The van der Waals surface area contributed by atoms with Gasteiger partial charge in [-0.1, -0.05) is 30.3 Å². The third-order valence-electron chi connectivity index (χ3n) is 4.21. The molecule has 1 amide bonds. The Labute approximate surface area is 145 Å². The Balaban J connectivity index is 2.16. The van der Waals surface area contributed by atoms with Crippen LogP contribution in [-0.2, 0) is 4.74 Å². The summed E-state index contributed by atoms with van der Waals surface area (Å²) in [6.45, 7) is 8.39. The number of amides is 1. The van der Waals surface area contributed by atoms with E-state index in [0.29, 0.717) is 6.54 Å². The number of carbonyl (C=O) groups excluding carboxylic acids is 1. The van der Waals surface area contributed by atoms with Crippen molar-refractivity contribution in [1.82, 2.24) is 10.2 Å². The van der Waals surface area contributed by atoms with E-state index in [1.54, 1.807) is 0 Å². The second-order valence-corrected chi connectivity index (χ2v) is 7.57. The topological polar surface area (TPSA) is 61.8 Å². The lowest BCUT2D eigenvalue weighted by atomic mass is 9.91. The maximum absolute atomic E-state index is 12.6. The Morgan fingerprint density at radius 1 is 1.38 bits per heavy atom. The van der Waals surface area contributed by atoms with Crippen LogP contribution in [0.15, 0.2) is 30.3 Å². The zero-order valence-corrected chi connectivity index (χ0v) is 15.2. The predicted octanol–water partition coefficient (Wildman–Crippen LogP) is 3.10. The molecule has 5 nitrogen and oxygen atoms in total. The number of benzene rings is 1. The first-order valence-corrected chi connectivity index (χ1v) is 8.71. The van der Waals surface area contributed by atoms with E-state index in [-0.39, 0.29) is 30.8 Å². The molecule has 3 atom stereocenters. The van der Waals surface area contributed by atoms with E-state index < -0.39 is 5.60 Å². The molecule has 134 valence electrons. The third kappa shape index (κ3) is 5.21. The van der Waals surface area contributed by atoms with Crippen molar-refractivity contribution in [3.05, 3.63) is 35.9 Å². The first-order chi connectivity index (χ1) is 11.3. The largest absolute Gasteiger partial charge is 0.444 e. The molecular weight excluding hydrogens is 304 g/mol. The molecule has 1 saturated heterocycles. The van der Waals surface area contributed by atoms with Gasteiger partial charge in [0.15, 0.2) is 0 Å². The van der Waals surface area contributed by atoms with Crippen LogP contribution in [0.25, 0.3) is 0 Å². The fraction of sp³-hybridized carbons (Fsp3) is 0.632. The summed E-state index contributed by atoms with van der Waals surface area (Å²) in [5.41, 5.74) is 0.616. The Kier molecular flexibility index (Phi) is 6.24. The normalized spacial score (nSPS) is 23.0. The van der Waals surface area contributed by atoms with Gasteiger partial charge in [-0.3, -0.25) is 0 Å². The van der Waals surface area contributed by atoms with Crippen molar-refractivity contribution in [1.29, 1.82) is 0 Å². The van der Waals surface area contributed by atoms with Crippen LogP contribution in [0.2, 0.25) is 0 Å². The highest BCUT2D eigenvalue weighted by molar-refractivity contribution is 5.69. The van der Waals surface area contributed by atoms with E-state index in [2.05, 4.69) is 17.4 Å². The van der Waals surface area contributed by atoms with Gasteiger partial charge in [-0.25, -0.2) is 4.79 Å². The molecule has 1 aromatic rings. The van der Waals surface area contributed by atoms with Gasteiger partial charge < -0.3 is 20.1 Å². The monoisotopic (exact) mass is 334 g/mol. The van der Waals surface area contributed by atoms with Gasteiger partial charge >= 0.3 is 6.09 Å². The number of aliphatic hydroxyl groups is 1. The lowest BCUT2D eigenvalue weighted by molar-refractivity contribution is 0.00592. The second-order valence-electron chi connectivity index (χ2n) is 7.57. The molecule has 2 N–H and O–H groups in total. The van der Waals surface area contributed by atoms with Crippen LogP contribution in [0.3, 0.4) is 0 Å². The highest BCUT2D eigenvalue weighted by atomic mass is 16.6. The first kappa shape index (κ1) is 18.7. The van der Waals surface area contributed by atoms with E-state index in [0.717, 1.165) is 18.4 Å². The molecule has 1 aliphatic rings. The highest BCUT2D eigenvalue weighted by Gasteiger charge is 2.35. The summed E-state index contributed by atoms with van der Waals surface area (Å²) in [6.07, 6.45) is 1.41. The lowest BCUT2D eigenvalue weighted by Gasteiger charge is -2.41. The standard InChI is InChI=1S/C19H30N2O3/c1-14(13-22)20-16-10-11-21(18(23)24-19(2,3)4)17(12-16)15-8-6-5-7-9-15/h5-9,14,16-17,20,22H,10-13H2,1-4H3/t14-,16?,17?/m0/s1. The molecule has 5 heteroatoms. The number of nitrogens with one attached hydrogen (secondary N) is 1. The van der Waals surface area contributed by atoms with Gasteiger partial charge in [-0.05, 0) is 46.1 Å². The molecule has 1 heterocycles. The van der Waals surface area contributed by atoms with Gasteiger partial charge in [0.2, 0.25) is 0 Å². The molecular formula is C19H30N2O3. The van der Waals surface area contributed by atoms with E-state index in [1.807, 2.05) is 50.8 Å². The summed E-state index contributed by atoms with van der Waals surface area (Å²) in [6, 6.07) is 10.4. The maximum Gasteiger partial charge on any atom is 0.410 e. The Morgan fingerprint density at radius 2 is 2.04 bits per heavy atom. The molecule has 0 bridgehead atoms. The van der Waals surface area contributed by atoms with E-state index in [4.69, 9.17) is 4.74 Å². The van der Waals surface area contributed by atoms with Crippen LogP contribution in [0.5, 0.6) is 0 Å². The van der Waals surface area contributed by atoms with Crippen LogP contribution in [0.1, 0.15) is 52.1 Å². The summed E-state index contributed by atoms with van der Waals surface area (Å²) in [5, 5.41) is 12.7. The van der Waals surface area contributed by atoms with Gasteiger partial charge in [0.05, 0.1) is 12.6 Å². The van der Waals surface area contributed by atoms with Gasteiger partial charge in [-0.15, -0.1) is 0 Å². The molecule has 24 heavy (non-hydrogen) atoms. The number of nitrogens with zero attached hydrogens (tertiary/aromatic N) is 1. The van der Waals surface area contributed by atoms with Crippen LogP contribution < -0.4 is 5.32 Å². The van der Waals surface area contributed by atoms with Crippen LogP contribution in [-0.4, -0.2) is 46.9 Å². The van der Waals surface area contributed by atoms with E-state index in [1.165, 1.54) is 0 Å². The molecule has 1 fully saturated rings. The number of ether oxygens (including phenoxy) is 1. The molecule has 0 aliphatic carbocycles. The van der Waals surface area contributed by atoms with Crippen molar-refractivity contribution >= 4 is 6.09 Å². The molecule has 2 rings (SSSR count). The number of aliphatic hydroxyl groups excluding tert-OH is 1. The van der Waals surface area contributed by atoms with Crippen molar-refractivity contribution in [3.63, 3.8) is 0 Å². The lowest BCUT2D eigenvalue weighted by Crippen LogP contribution is -2.50. The molecule has 0 spiro atoms. The summed E-state index contributed by atoms with van der Waals surface area (Å²) in [5.74, 6) is 0. The fourth-order valence-corrected chi connectivity index (χ4v) is 3.10. The van der Waals surface area contributed by atoms with E-state index in [9.17, 15) is 9.90 Å². The maximum atomic E-state index is 12.6. The minimum absolute atomic E-state index is 0.0156. The number of rotatable bonds is 4. The minimum atomic E-state index is -0.501. The summed E-state index contributed by atoms with van der Waals surface area (Å²) in [4.78, 5) is 14.5. The summed E-state index contributed by atoms with van der Waals surface area (Å²) < 4.78 is 5.59. The number of likely N-dealkylation sites (tertiary alicyclic amines) is 1. The predicted molar refractivity (Wildman–Crippen MR) is 94.8 cm³/mol. The van der Waals surface area contributed by atoms with Gasteiger partial charge in [0.25, 0.3) is 0 Å². The smallest absolute Gasteiger partial charge is 0.410 e. The molecule has 0 radical (unpaired) electrons. The second kappa shape index (κ2) is 7.99. The molecule has 2 unspecified atom stereocenters. The van der Waals surface area contributed by atoms with Gasteiger partial charge in [-0.2, -0.15) is 0 Å². The van der Waals surface area contributed by atoms with Crippen LogP contribution in [0.4, 0.5) is 4.79 Å². The highest BCUT2D eigenvalue weighted by Crippen LogP contribution is 2.32.